The number of fused-ring (bicyclic) bond motifs is 9. The molecular formula is C89H99N15O14. The molecule has 12 saturated carbocycles. The summed E-state index contributed by atoms with van der Waals surface area (Å²) in [5.74, 6) is 5.47. The summed E-state index contributed by atoms with van der Waals surface area (Å²) in [4.78, 5) is 66.1. The van der Waals surface area contributed by atoms with Crippen molar-refractivity contribution in [2.24, 2.45) is 64.1 Å². The molecule has 12 atom stereocenters. The highest BCUT2D eigenvalue weighted by atomic mass is 16.8. The SMILES string of the molecule is O=C(O)[C@H]1O[C@@H](n2cnc3c(NC45CC6CC(CC(C6)C4)C5)ncnc32)[C@H]2OC3(Cc4ccccc4C3)OC12.O=C(O)[C@H]1O[C@@H](n2cnc3c(NCC45CC6CC(CC(C6)C4)C5)ncnc32)[C@H]2OC3(Cc4ccccc4C3)OC12.OC[C@H]1O[C@@H](n2cnc3c(NCC45CC6CC(CC(C6)C4)C5)ncnc32)[C@H]2OC3(Cc4ccccc4C3)OC12. The third kappa shape index (κ3) is 11.7. The third-order valence-electron chi connectivity index (χ3n) is 31.5. The number of aromatic nitrogens is 12. The maximum absolute atomic E-state index is 12.2. The Morgan fingerprint density at radius 1 is 0.373 bits per heavy atom. The van der Waals surface area contributed by atoms with Gasteiger partial charge in [0.15, 0.2) is 99.2 Å². The van der Waals surface area contributed by atoms with Crippen LogP contribution in [0.3, 0.4) is 0 Å². The van der Waals surface area contributed by atoms with Crippen LogP contribution in [0.1, 0.15) is 168 Å². The molecule has 30 rings (SSSR count). The number of anilines is 3. The van der Waals surface area contributed by atoms with E-state index in [1.54, 1.807) is 47.1 Å². The van der Waals surface area contributed by atoms with E-state index in [-0.39, 0.29) is 24.4 Å². The molecule has 29 nitrogen and oxygen atoms in total. The van der Waals surface area contributed by atoms with E-state index in [9.17, 15) is 24.9 Å². The van der Waals surface area contributed by atoms with Gasteiger partial charge in [-0.1, -0.05) is 72.8 Å². The van der Waals surface area contributed by atoms with Crippen LogP contribution in [0.2, 0.25) is 0 Å². The molecule has 6 aliphatic heterocycles. The van der Waals surface area contributed by atoms with Crippen molar-refractivity contribution in [3.05, 3.63) is 144 Å². The average molecular weight is 1600 g/mol. The van der Waals surface area contributed by atoms with Crippen molar-refractivity contribution in [2.75, 3.05) is 35.6 Å². The number of nitrogens with zero attached hydrogens (tertiary/aromatic N) is 12. The highest BCUT2D eigenvalue weighted by Crippen LogP contribution is 2.63. The normalized spacial score (nSPS) is 38.7. The molecule has 18 fully saturated rings. The van der Waals surface area contributed by atoms with Crippen molar-refractivity contribution < 1.29 is 67.5 Å². The molecule has 0 radical (unpaired) electrons. The second-order valence-electron chi connectivity index (χ2n) is 39.4. The number of aliphatic hydroxyl groups is 1. The molecule has 614 valence electrons. The van der Waals surface area contributed by atoms with Crippen LogP contribution in [-0.4, -0.2) is 183 Å². The van der Waals surface area contributed by atoms with Gasteiger partial charge in [-0.25, -0.2) is 54.4 Å². The van der Waals surface area contributed by atoms with E-state index >= 15 is 0 Å². The molecule has 12 heterocycles. The Labute approximate surface area is 680 Å². The van der Waals surface area contributed by atoms with Crippen molar-refractivity contribution in [1.82, 2.24) is 58.6 Å². The number of hydrogen-bond donors (Lipinski definition) is 6. The lowest BCUT2D eigenvalue weighted by molar-refractivity contribution is -0.214. The van der Waals surface area contributed by atoms with Crippen LogP contribution < -0.4 is 16.0 Å². The largest absolute Gasteiger partial charge is 0.479 e. The van der Waals surface area contributed by atoms with E-state index in [0.717, 1.165) is 89.3 Å². The zero-order chi connectivity index (χ0) is 78.3. The number of imidazole rings is 3. The first-order valence-corrected chi connectivity index (χ1v) is 43.6. The van der Waals surface area contributed by atoms with Gasteiger partial charge < -0.3 is 73.9 Å². The van der Waals surface area contributed by atoms with Crippen LogP contribution in [0.25, 0.3) is 33.5 Å². The Morgan fingerprint density at radius 3 is 1.01 bits per heavy atom. The lowest BCUT2D eigenvalue weighted by Crippen LogP contribution is -2.54. The number of carboxylic acid groups (broad SMARTS) is 2. The lowest BCUT2D eigenvalue weighted by Gasteiger charge is -2.57. The second-order valence-corrected chi connectivity index (χ2v) is 39.4. The lowest BCUT2D eigenvalue weighted by atomic mass is 9.49. The molecule has 3 spiro atoms. The second kappa shape index (κ2) is 26.6. The van der Waals surface area contributed by atoms with E-state index in [4.69, 9.17) is 52.6 Å². The molecule has 3 aromatic carbocycles. The Kier molecular flexibility index (Phi) is 16.3. The number of carbonyl (C=O) groups is 2. The first-order valence-electron chi connectivity index (χ1n) is 43.6. The molecule has 15 aliphatic carbocycles. The third-order valence-corrected chi connectivity index (χ3v) is 31.5. The van der Waals surface area contributed by atoms with Gasteiger partial charge in [-0.15, -0.1) is 0 Å². The molecule has 6 N–H and O–H groups in total. The zero-order valence-corrected chi connectivity index (χ0v) is 65.8. The fraction of sp³-hybridized carbons (Fsp3) is 0.607. The number of aliphatic hydroxyl groups excluding tert-OH is 1. The quantitative estimate of drug-likeness (QED) is 0.0589. The van der Waals surface area contributed by atoms with Crippen LogP contribution in [-0.2, 0) is 90.7 Å². The van der Waals surface area contributed by atoms with E-state index in [2.05, 4.69) is 99.4 Å². The van der Waals surface area contributed by atoms with Crippen LogP contribution in [0.15, 0.2) is 111 Å². The Bertz CT molecular complexity index is 5340. The van der Waals surface area contributed by atoms with Gasteiger partial charge >= 0.3 is 11.9 Å². The Balaban J connectivity index is 0.0000000986. The summed E-state index contributed by atoms with van der Waals surface area (Å²) in [5, 5.41) is 41.4. The number of rotatable bonds is 14. The monoisotopic (exact) mass is 1600 g/mol. The van der Waals surface area contributed by atoms with Gasteiger partial charge in [0.2, 0.25) is 0 Å². The van der Waals surface area contributed by atoms with E-state index < -0.39 is 90.7 Å². The Hall–Kier alpha value is -8.75. The molecule has 21 aliphatic rings. The summed E-state index contributed by atoms with van der Waals surface area (Å²) in [6.07, 6.45) is 29.7. The summed E-state index contributed by atoms with van der Waals surface area (Å²) in [5.41, 5.74) is 12.0. The standard InChI is InChI=1S/C30H33N5O5.C30H35N5O4.C29H31N5O5/c36-28(37)24-22-23(40-30(39-22)11-19-3-1-2-4-20(19)12-30)27(38-24)35-15-34-21-25(32-14-33-26(21)35)31-13-29-8-16-5-17(9-29)7-18(6-16)10-29;36-13-22-24-25(39-30(38-24)11-20-3-1-2-4-21(20)12-30)28(37-22)35-16-34-23-26(32-15-33-27(23)35)31-14-29-8-17-5-18(9-29)7-19(6-17)10-29;35-27(36)23-21-22(39-29(38-21)11-18-3-1-2-4-19(18)12-29)26(37-23)34-14-32-20-24(30-13-31-25(20)34)33-28-8-15-5-16(9-28)7-17(6-15)10-28/h1-4,14-18,22-24,27H,5-13H2,(H,36,37)(H,31,32,33);1-4,15-19,22,24-25,28,36H,5-14H2,(H,31,32,33);1-4,13-17,21-23,26H,5-12H2,(H,35,36)(H,30,31,33)/t16?,17?,18?,22?,23-,24-,27+,29?;17?,18?,19?,22-,24?,25+,28-,29?;15?,16?,17?,21?,22-,23-,26+,28?/m010/s1. The van der Waals surface area contributed by atoms with Gasteiger partial charge in [0.25, 0.3) is 0 Å². The first-order chi connectivity index (χ1) is 57.5. The zero-order valence-electron chi connectivity index (χ0n) is 65.8. The molecule has 0 amide bonds. The van der Waals surface area contributed by atoms with E-state index in [1.165, 1.54) is 149 Å². The van der Waals surface area contributed by atoms with Gasteiger partial charge in [0, 0.05) is 57.2 Å². The minimum absolute atomic E-state index is 0.0788. The van der Waals surface area contributed by atoms with Crippen LogP contribution in [0.5, 0.6) is 0 Å². The van der Waals surface area contributed by atoms with Gasteiger partial charge in [0.05, 0.1) is 25.6 Å². The number of nitrogens with one attached hydrogen (secondary N) is 3. The number of carboxylic acids is 2. The van der Waals surface area contributed by atoms with Crippen LogP contribution in [0, 0.1) is 64.1 Å². The maximum atomic E-state index is 12.2. The van der Waals surface area contributed by atoms with Gasteiger partial charge in [-0.3, -0.25) is 13.7 Å². The molecular weight excluding hydrogens is 1500 g/mol. The maximum Gasteiger partial charge on any atom is 0.335 e. The highest BCUT2D eigenvalue weighted by molar-refractivity contribution is 5.85. The molecule has 12 bridgehead atoms. The summed E-state index contributed by atoms with van der Waals surface area (Å²) in [6, 6.07) is 24.7. The topological polar surface area (TPSA) is 345 Å². The molecule has 9 aromatic rings. The summed E-state index contributed by atoms with van der Waals surface area (Å²) in [7, 11) is 0. The average Bonchev–Trinajstić information content (AvgIpc) is 1.35. The van der Waals surface area contributed by atoms with Crippen molar-refractivity contribution in [1.29, 1.82) is 0 Å². The summed E-state index contributed by atoms with van der Waals surface area (Å²) < 4.78 is 63.2. The molecule has 3 unspecified atom stereocenters. The summed E-state index contributed by atoms with van der Waals surface area (Å²) in [6.45, 7) is 1.72. The first kappa shape index (κ1) is 72.1. The van der Waals surface area contributed by atoms with Crippen molar-refractivity contribution >= 4 is 62.9 Å². The predicted octanol–water partition coefficient (Wildman–Crippen LogP) is 10.8. The fourth-order valence-corrected chi connectivity index (χ4v) is 28.2. The van der Waals surface area contributed by atoms with Crippen molar-refractivity contribution in [3.8, 4) is 0 Å². The number of hydrogen-bond acceptors (Lipinski definition) is 24. The molecule has 29 heteroatoms. The van der Waals surface area contributed by atoms with Crippen LogP contribution in [0.4, 0.5) is 17.5 Å². The smallest absolute Gasteiger partial charge is 0.335 e. The van der Waals surface area contributed by atoms with Crippen molar-refractivity contribution in [2.45, 2.75) is 251 Å². The van der Waals surface area contributed by atoms with Gasteiger partial charge in [0.1, 0.15) is 61.7 Å². The minimum atomic E-state index is -1.15. The molecule has 6 saturated heterocycles. The molecule has 6 aromatic heterocycles. The summed E-state index contributed by atoms with van der Waals surface area (Å²) >= 11 is 0. The Morgan fingerprint density at radius 2 is 0.669 bits per heavy atom. The predicted molar refractivity (Wildman–Crippen MR) is 422 cm³/mol. The fourth-order valence-electron chi connectivity index (χ4n) is 28.2. The van der Waals surface area contributed by atoms with Gasteiger partial charge in [-0.05, 0) is 213 Å². The minimum Gasteiger partial charge on any atom is -0.479 e. The highest BCUT2D eigenvalue weighted by Gasteiger charge is 2.66. The number of benzene rings is 3. The molecule has 118 heavy (non-hydrogen) atoms. The van der Waals surface area contributed by atoms with Crippen molar-refractivity contribution in [3.63, 3.8) is 0 Å². The van der Waals surface area contributed by atoms with Gasteiger partial charge in [-0.2, -0.15) is 0 Å². The van der Waals surface area contributed by atoms with E-state index in [0.29, 0.717) is 77.3 Å². The number of ether oxygens (including phenoxy) is 9. The number of aliphatic carboxylic acids is 2. The van der Waals surface area contributed by atoms with Crippen LogP contribution >= 0.6 is 0 Å². The van der Waals surface area contributed by atoms with E-state index in [1.807, 2.05) is 28.8 Å².